The summed E-state index contributed by atoms with van der Waals surface area (Å²) in [7, 11) is 0. The van der Waals surface area contributed by atoms with Gasteiger partial charge in [0.25, 0.3) is 6.86 Å². The van der Waals surface area contributed by atoms with Crippen LogP contribution in [0.15, 0.2) is 57.2 Å². The molecule has 0 bridgehead atoms. The Bertz CT molecular complexity index is 506. The smallest absolute Gasteiger partial charge is 0.255 e. The van der Waals surface area contributed by atoms with Crippen LogP contribution >= 0.6 is 0 Å². The predicted molar refractivity (Wildman–Crippen MR) is 70.0 cm³/mol. The van der Waals surface area contributed by atoms with Crippen molar-refractivity contribution in [2.24, 2.45) is 15.1 Å². The number of halogens is 1. The predicted octanol–water partition coefficient (Wildman–Crippen LogP) is 2.37. The van der Waals surface area contributed by atoms with E-state index in [-0.39, 0.29) is 0 Å². The zero-order chi connectivity index (χ0) is 12.6. The summed E-state index contributed by atoms with van der Waals surface area (Å²) in [6.45, 7) is -0.513. The van der Waals surface area contributed by atoms with E-state index in [0.717, 1.165) is 11.1 Å². The van der Waals surface area contributed by atoms with E-state index in [0.29, 0.717) is 12.3 Å². The number of hydrogen-bond acceptors (Lipinski definition) is 4. The summed E-state index contributed by atoms with van der Waals surface area (Å²) in [4.78, 5) is 12.6. The van der Waals surface area contributed by atoms with Crippen molar-refractivity contribution in [2.75, 3.05) is 13.4 Å². The third-order valence-corrected chi connectivity index (χ3v) is 2.27. The van der Waals surface area contributed by atoms with E-state index in [4.69, 9.17) is 0 Å². The second kappa shape index (κ2) is 6.44. The first kappa shape index (κ1) is 12.2. The van der Waals surface area contributed by atoms with E-state index in [1.165, 1.54) is 6.21 Å². The summed E-state index contributed by atoms with van der Waals surface area (Å²) in [6.07, 6.45) is 4.93. The van der Waals surface area contributed by atoms with Gasteiger partial charge in [-0.1, -0.05) is 35.5 Å². The molecule has 0 fully saturated rings. The van der Waals surface area contributed by atoms with Gasteiger partial charge >= 0.3 is 0 Å². The largest absolute Gasteiger partial charge is 0.361 e. The standard InChI is InChI=1S/C13H12FN3O/c14-10-18-17-13-9-16-8-12(13)7-15-6-11-4-2-1-3-5-11/h1-6,8-9H,7,10H2. The molecule has 2 rings (SSSR count). The molecular formula is C13H12FN3O. The highest BCUT2D eigenvalue weighted by Crippen LogP contribution is 2.06. The van der Waals surface area contributed by atoms with Crippen LogP contribution in [-0.4, -0.2) is 31.5 Å². The lowest BCUT2D eigenvalue weighted by Crippen LogP contribution is -2.04. The van der Waals surface area contributed by atoms with Gasteiger partial charge in [0.05, 0.1) is 12.8 Å². The van der Waals surface area contributed by atoms with Crippen molar-refractivity contribution < 1.29 is 9.23 Å². The monoisotopic (exact) mass is 245 g/mol. The second-order valence-electron chi connectivity index (χ2n) is 3.53. The van der Waals surface area contributed by atoms with E-state index in [1.54, 1.807) is 12.4 Å². The molecule has 0 unspecified atom stereocenters. The van der Waals surface area contributed by atoms with Crippen LogP contribution in [0.4, 0.5) is 4.39 Å². The number of hydrogen-bond donors (Lipinski definition) is 0. The molecule has 0 atom stereocenters. The first-order valence-corrected chi connectivity index (χ1v) is 5.43. The van der Waals surface area contributed by atoms with E-state index in [1.807, 2.05) is 30.3 Å². The summed E-state index contributed by atoms with van der Waals surface area (Å²) in [6, 6.07) is 9.76. The second-order valence-corrected chi connectivity index (χ2v) is 3.53. The highest BCUT2D eigenvalue weighted by Gasteiger charge is 2.09. The first-order chi connectivity index (χ1) is 8.90. The minimum Gasteiger partial charge on any atom is -0.361 e. The zero-order valence-corrected chi connectivity index (χ0v) is 9.66. The number of benzene rings is 1. The molecule has 18 heavy (non-hydrogen) atoms. The molecule has 0 N–H and O–H groups in total. The average Bonchev–Trinajstić information content (AvgIpc) is 2.85. The Kier molecular flexibility index (Phi) is 4.35. The van der Waals surface area contributed by atoms with Crippen molar-refractivity contribution in [2.45, 2.75) is 0 Å². The van der Waals surface area contributed by atoms with E-state index >= 15 is 0 Å². The molecule has 0 amide bonds. The molecule has 5 heteroatoms. The molecule has 1 aromatic rings. The normalized spacial score (nSPS) is 16.5. The first-order valence-electron chi connectivity index (χ1n) is 5.43. The van der Waals surface area contributed by atoms with Crippen LogP contribution in [0.1, 0.15) is 5.56 Å². The Hall–Kier alpha value is -2.30. The molecule has 0 aromatic heterocycles. The maximum Gasteiger partial charge on any atom is 0.255 e. The highest BCUT2D eigenvalue weighted by atomic mass is 19.1. The molecule has 0 aliphatic carbocycles. The van der Waals surface area contributed by atoms with Crippen molar-refractivity contribution in [1.82, 2.24) is 0 Å². The third kappa shape index (κ3) is 3.35. The molecule has 1 aromatic carbocycles. The fourth-order valence-corrected chi connectivity index (χ4v) is 1.43. The Balaban J connectivity index is 1.93. The Morgan fingerprint density at radius 1 is 1.28 bits per heavy atom. The van der Waals surface area contributed by atoms with Gasteiger partial charge in [-0.2, -0.15) is 0 Å². The van der Waals surface area contributed by atoms with Crippen molar-refractivity contribution >= 4 is 18.1 Å². The maximum absolute atomic E-state index is 11.8. The van der Waals surface area contributed by atoms with Gasteiger partial charge in [0.2, 0.25) is 0 Å². The van der Waals surface area contributed by atoms with Gasteiger partial charge in [-0.05, 0) is 5.56 Å². The lowest BCUT2D eigenvalue weighted by molar-refractivity contribution is 0.0641. The van der Waals surface area contributed by atoms with Crippen molar-refractivity contribution in [3.8, 4) is 0 Å². The van der Waals surface area contributed by atoms with E-state index in [2.05, 4.69) is 20.0 Å². The third-order valence-electron chi connectivity index (χ3n) is 2.27. The lowest BCUT2D eigenvalue weighted by Gasteiger charge is -1.98. The van der Waals surface area contributed by atoms with Crippen molar-refractivity contribution in [3.63, 3.8) is 0 Å². The number of nitrogens with zero attached hydrogens (tertiary/aromatic N) is 3. The van der Waals surface area contributed by atoms with Crippen LogP contribution in [0.5, 0.6) is 0 Å². The summed E-state index contributed by atoms with van der Waals surface area (Å²) in [5.74, 6) is 0. The Morgan fingerprint density at radius 2 is 2.11 bits per heavy atom. The summed E-state index contributed by atoms with van der Waals surface area (Å²) in [5, 5.41) is 3.60. The van der Waals surface area contributed by atoms with E-state index < -0.39 is 6.86 Å². The molecule has 0 saturated heterocycles. The Morgan fingerprint density at radius 3 is 2.89 bits per heavy atom. The van der Waals surface area contributed by atoms with Crippen LogP contribution in [-0.2, 0) is 4.84 Å². The minimum absolute atomic E-state index is 0.434. The fraction of sp³-hybridized carbons (Fsp3) is 0.154. The topological polar surface area (TPSA) is 46.3 Å². The molecule has 1 aliphatic heterocycles. The minimum atomic E-state index is -0.947. The van der Waals surface area contributed by atoms with Crippen LogP contribution in [0.2, 0.25) is 0 Å². The highest BCUT2D eigenvalue weighted by molar-refractivity contribution is 6.39. The van der Waals surface area contributed by atoms with Gasteiger partial charge in [-0.15, -0.1) is 0 Å². The lowest BCUT2D eigenvalue weighted by atomic mass is 10.2. The van der Waals surface area contributed by atoms with Crippen molar-refractivity contribution in [3.05, 3.63) is 47.7 Å². The molecule has 1 heterocycles. The molecule has 0 spiro atoms. The molecule has 0 radical (unpaired) electrons. The van der Waals surface area contributed by atoms with Crippen LogP contribution in [0.25, 0.3) is 0 Å². The Labute approximate surface area is 104 Å². The van der Waals surface area contributed by atoms with Crippen molar-refractivity contribution in [1.29, 1.82) is 0 Å². The number of oxime groups is 1. The number of rotatable bonds is 5. The molecule has 92 valence electrons. The quantitative estimate of drug-likeness (QED) is 0.580. The summed E-state index contributed by atoms with van der Waals surface area (Å²) in [5.41, 5.74) is 2.34. The van der Waals surface area contributed by atoms with Gasteiger partial charge in [-0.25, -0.2) is 4.39 Å². The average molecular weight is 245 g/mol. The van der Waals surface area contributed by atoms with Gasteiger partial charge in [0.1, 0.15) is 5.71 Å². The molecule has 0 saturated carbocycles. The SMILES string of the molecule is FCON=C1C=NC=C1CN=Cc1ccccc1. The molecular weight excluding hydrogens is 233 g/mol. The summed E-state index contributed by atoms with van der Waals surface area (Å²) < 4.78 is 11.8. The molecule has 4 nitrogen and oxygen atoms in total. The van der Waals surface area contributed by atoms with Gasteiger partial charge < -0.3 is 4.84 Å². The van der Waals surface area contributed by atoms with Gasteiger partial charge in [0.15, 0.2) is 0 Å². The number of aliphatic imine (C=N–C) groups is 2. The number of alkyl halides is 1. The zero-order valence-electron chi connectivity index (χ0n) is 9.66. The van der Waals surface area contributed by atoms with Crippen LogP contribution in [0, 0.1) is 0 Å². The van der Waals surface area contributed by atoms with Crippen LogP contribution < -0.4 is 0 Å². The maximum atomic E-state index is 11.8. The van der Waals surface area contributed by atoms with Gasteiger partial charge in [0, 0.05) is 18.0 Å². The fourth-order valence-electron chi connectivity index (χ4n) is 1.43. The van der Waals surface area contributed by atoms with Crippen LogP contribution in [0.3, 0.4) is 0 Å². The van der Waals surface area contributed by atoms with E-state index in [9.17, 15) is 4.39 Å². The van der Waals surface area contributed by atoms with Gasteiger partial charge in [-0.3, -0.25) is 9.98 Å². The molecule has 1 aliphatic rings. The summed E-state index contributed by atoms with van der Waals surface area (Å²) >= 11 is 0.